The SMILES string of the molecule is CC1CC[N]CCN1C. The highest BCUT2D eigenvalue weighted by Gasteiger charge is 2.11. The molecule has 2 heteroatoms. The summed E-state index contributed by atoms with van der Waals surface area (Å²) in [5.74, 6) is 0. The van der Waals surface area contributed by atoms with Crippen molar-refractivity contribution in [2.24, 2.45) is 0 Å². The number of rotatable bonds is 0. The van der Waals surface area contributed by atoms with Crippen molar-refractivity contribution >= 4 is 0 Å². The van der Waals surface area contributed by atoms with Crippen LogP contribution >= 0.6 is 0 Å². The van der Waals surface area contributed by atoms with Crippen molar-refractivity contribution in [2.75, 3.05) is 26.7 Å². The fourth-order valence-electron chi connectivity index (χ4n) is 1.06. The molecule has 2 nitrogen and oxygen atoms in total. The lowest BCUT2D eigenvalue weighted by atomic mass is 10.2. The fourth-order valence-corrected chi connectivity index (χ4v) is 1.06. The molecule has 1 radical (unpaired) electrons. The van der Waals surface area contributed by atoms with Crippen LogP contribution in [0, 0.1) is 0 Å². The van der Waals surface area contributed by atoms with Crippen molar-refractivity contribution < 1.29 is 0 Å². The molecule has 1 aliphatic rings. The van der Waals surface area contributed by atoms with E-state index in [2.05, 4.69) is 24.2 Å². The molecule has 1 unspecified atom stereocenters. The second-order valence-electron chi connectivity index (χ2n) is 2.79. The summed E-state index contributed by atoms with van der Waals surface area (Å²) in [4.78, 5) is 2.37. The van der Waals surface area contributed by atoms with Crippen LogP contribution in [0.15, 0.2) is 0 Å². The first-order valence-corrected chi connectivity index (χ1v) is 3.64. The highest BCUT2D eigenvalue weighted by molar-refractivity contribution is 4.69. The average molecular weight is 127 g/mol. The first kappa shape index (κ1) is 7.03. The van der Waals surface area contributed by atoms with Crippen molar-refractivity contribution in [3.63, 3.8) is 0 Å². The Morgan fingerprint density at radius 1 is 1.44 bits per heavy atom. The Morgan fingerprint density at radius 2 is 2.22 bits per heavy atom. The van der Waals surface area contributed by atoms with Gasteiger partial charge in [-0.05, 0) is 20.4 Å². The number of hydrogen-bond acceptors (Lipinski definition) is 1. The lowest BCUT2D eigenvalue weighted by molar-refractivity contribution is 0.272. The molecule has 1 saturated heterocycles. The van der Waals surface area contributed by atoms with E-state index in [9.17, 15) is 0 Å². The van der Waals surface area contributed by atoms with E-state index in [1.54, 1.807) is 0 Å². The second-order valence-corrected chi connectivity index (χ2v) is 2.79. The van der Waals surface area contributed by atoms with Crippen LogP contribution in [-0.2, 0) is 0 Å². The van der Waals surface area contributed by atoms with E-state index in [1.807, 2.05) is 0 Å². The van der Waals surface area contributed by atoms with Gasteiger partial charge in [-0.1, -0.05) is 0 Å². The van der Waals surface area contributed by atoms with Crippen LogP contribution in [0.3, 0.4) is 0 Å². The van der Waals surface area contributed by atoms with Gasteiger partial charge in [-0.2, -0.15) is 0 Å². The minimum absolute atomic E-state index is 0.733. The Balaban J connectivity index is 2.32. The minimum atomic E-state index is 0.733. The maximum Gasteiger partial charge on any atom is 0.0261 e. The maximum absolute atomic E-state index is 4.33. The molecule has 0 aromatic heterocycles. The predicted molar refractivity (Wildman–Crippen MR) is 38.6 cm³/mol. The topological polar surface area (TPSA) is 17.3 Å². The summed E-state index contributed by atoms with van der Waals surface area (Å²) in [6, 6.07) is 0.733. The summed E-state index contributed by atoms with van der Waals surface area (Å²) in [6.45, 7) is 5.49. The van der Waals surface area contributed by atoms with E-state index in [4.69, 9.17) is 0 Å². The molecule has 0 amide bonds. The molecule has 1 aliphatic heterocycles. The number of hydrogen-bond donors (Lipinski definition) is 0. The summed E-state index contributed by atoms with van der Waals surface area (Å²) < 4.78 is 0. The van der Waals surface area contributed by atoms with Crippen LogP contribution in [0.1, 0.15) is 13.3 Å². The molecule has 1 rings (SSSR count). The van der Waals surface area contributed by atoms with Crippen LogP contribution in [0.5, 0.6) is 0 Å². The third-order valence-corrected chi connectivity index (χ3v) is 2.07. The van der Waals surface area contributed by atoms with Crippen molar-refractivity contribution in [1.82, 2.24) is 10.2 Å². The molecule has 1 fully saturated rings. The van der Waals surface area contributed by atoms with Crippen LogP contribution in [0.4, 0.5) is 0 Å². The van der Waals surface area contributed by atoms with Crippen LogP contribution in [0.2, 0.25) is 0 Å². The summed E-state index contributed by atoms with van der Waals surface area (Å²) in [7, 11) is 2.17. The molecule has 0 aromatic carbocycles. The van der Waals surface area contributed by atoms with E-state index in [-0.39, 0.29) is 0 Å². The van der Waals surface area contributed by atoms with Crippen LogP contribution in [-0.4, -0.2) is 37.6 Å². The van der Waals surface area contributed by atoms with Gasteiger partial charge in [0.05, 0.1) is 0 Å². The van der Waals surface area contributed by atoms with Gasteiger partial charge in [0.1, 0.15) is 0 Å². The highest BCUT2D eigenvalue weighted by Crippen LogP contribution is 2.01. The van der Waals surface area contributed by atoms with Gasteiger partial charge in [-0.3, -0.25) is 0 Å². The number of nitrogens with zero attached hydrogens (tertiary/aromatic N) is 2. The van der Waals surface area contributed by atoms with Crippen LogP contribution in [0.25, 0.3) is 0 Å². The van der Waals surface area contributed by atoms with E-state index < -0.39 is 0 Å². The Kier molecular flexibility index (Phi) is 2.49. The average Bonchev–Trinajstić information content (AvgIpc) is 1.99. The Morgan fingerprint density at radius 3 is 3.00 bits per heavy atom. The number of likely N-dealkylation sites (N-methyl/N-ethyl adjacent to an activating group) is 1. The van der Waals surface area contributed by atoms with Gasteiger partial charge in [-0.25, -0.2) is 5.32 Å². The summed E-state index contributed by atoms with van der Waals surface area (Å²) >= 11 is 0. The molecule has 53 valence electrons. The molecular weight excluding hydrogens is 112 g/mol. The first-order valence-electron chi connectivity index (χ1n) is 3.64. The van der Waals surface area contributed by atoms with Gasteiger partial charge in [0, 0.05) is 25.7 Å². The van der Waals surface area contributed by atoms with Crippen molar-refractivity contribution in [1.29, 1.82) is 0 Å². The minimum Gasteiger partial charge on any atom is -0.302 e. The molecular formula is C7H15N2. The fraction of sp³-hybridized carbons (Fsp3) is 1.00. The van der Waals surface area contributed by atoms with Gasteiger partial charge in [-0.15, -0.1) is 0 Å². The molecule has 1 heterocycles. The quantitative estimate of drug-likeness (QED) is 0.458. The monoisotopic (exact) mass is 127 g/mol. The lowest BCUT2D eigenvalue weighted by Gasteiger charge is -2.19. The van der Waals surface area contributed by atoms with Crippen LogP contribution < -0.4 is 5.32 Å². The normalized spacial score (nSPS) is 32.0. The van der Waals surface area contributed by atoms with Gasteiger partial charge < -0.3 is 4.90 Å². The summed E-state index contributed by atoms with van der Waals surface area (Å²) in [6.07, 6.45) is 1.23. The summed E-state index contributed by atoms with van der Waals surface area (Å²) in [5, 5.41) is 4.33. The predicted octanol–water partition coefficient (Wildman–Crippen LogP) is 0.315. The van der Waals surface area contributed by atoms with Crippen molar-refractivity contribution in [3.8, 4) is 0 Å². The zero-order valence-electron chi connectivity index (χ0n) is 6.30. The molecule has 0 saturated carbocycles. The molecule has 0 aliphatic carbocycles. The lowest BCUT2D eigenvalue weighted by Crippen LogP contribution is -2.29. The third-order valence-electron chi connectivity index (χ3n) is 2.07. The molecule has 1 atom stereocenters. The molecule has 0 bridgehead atoms. The Bertz CT molecular complexity index is 73.0. The largest absolute Gasteiger partial charge is 0.302 e. The van der Waals surface area contributed by atoms with E-state index in [1.165, 1.54) is 6.42 Å². The third kappa shape index (κ3) is 1.95. The van der Waals surface area contributed by atoms with E-state index in [0.29, 0.717) is 0 Å². The van der Waals surface area contributed by atoms with Gasteiger partial charge in [0.25, 0.3) is 0 Å². The van der Waals surface area contributed by atoms with Crippen molar-refractivity contribution in [2.45, 2.75) is 19.4 Å². The first-order chi connectivity index (χ1) is 4.30. The zero-order valence-corrected chi connectivity index (χ0v) is 6.30. The van der Waals surface area contributed by atoms with Crippen molar-refractivity contribution in [3.05, 3.63) is 0 Å². The smallest absolute Gasteiger partial charge is 0.0261 e. The Labute approximate surface area is 57.2 Å². The van der Waals surface area contributed by atoms with Gasteiger partial charge >= 0.3 is 0 Å². The molecule has 0 N–H and O–H groups in total. The van der Waals surface area contributed by atoms with E-state index in [0.717, 1.165) is 25.7 Å². The molecule has 0 aromatic rings. The van der Waals surface area contributed by atoms with E-state index >= 15 is 0 Å². The van der Waals surface area contributed by atoms with Gasteiger partial charge in [0.2, 0.25) is 0 Å². The maximum atomic E-state index is 4.33. The summed E-state index contributed by atoms with van der Waals surface area (Å²) in [5.41, 5.74) is 0. The standard InChI is InChI=1S/C7H15N2/c1-7-3-4-8-5-6-9(7)2/h7H,3-6H2,1-2H3. The second kappa shape index (κ2) is 3.18. The highest BCUT2D eigenvalue weighted by atomic mass is 15.2. The Hall–Kier alpha value is -0.0800. The molecule has 9 heavy (non-hydrogen) atoms. The molecule has 0 spiro atoms. The zero-order chi connectivity index (χ0) is 6.69. The van der Waals surface area contributed by atoms with Gasteiger partial charge in [0.15, 0.2) is 0 Å².